The second-order valence-electron chi connectivity index (χ2n) is 6.98. The molecule has 0 radical (unpaired) electrons. The zero-order chi connectivity index (χ0) is 17.0. The number of hydrogen-bond acceptors (Lipinski definition) is 4. The van der Waals surface area contributed by atoms with Gasteiger partial charge in [-0.2, -0.15) is 0 Å². The van der Waals surface area contributed by atoms with Crippen molar-refractivity contribution < 1.29 is 19.1 Å². The highest BCUT2D eigenvalue weighted by Gasteiger charge is 2.56. The molecule has 0 aromatic rings. The summed E-state index contributed by atoms with van der Waals surface area (Å²) in [5.41, 5.74) is -1.08. The van der Waals surface area contributed by atoms with Gasteiger partial charge in [-0.15, -0.1) is 0 Å². The van der Waals surface area contributed by atoms with Gasteiger partial charge in [0, 0.05) is 0 Å². The van der Waals surface area contributed by atoms with Crippen LogP contribution in [0.2, 0.25) is 24.2 Å². The SMILES string of the molecule is CC[Si](CC)(CC)C[C@H]1CC(C(=O)OC)(C(=O)OC)C[C@@H]1C. The lowest BCUT2D eigenvalue weighted by Crippen LogP contribution is -2.40. The largest absolute Gasteiger partial charge is 0.468 e. The van der Waals surface area contributed by atoms with Gasteiger partial charge in [0.05, 0.1) is 22.3 Å². The van der Waals surface area contributed by atoms with Gasteiger partial charge in [-0.1, -0.05) is 51.9 Å². The van der Waals surface area contributed by atoms with Gasteiger partial charge in [0.15, 0.2) is 5.41 Å². The summed E-state index contributed by atoms with van der Waals surface area (Å²) in [5.74, 6) is -0.0737. The van der Waals surface area contributed by atoms with Crippen LogP contribution in [0.25, 0.3) is 0 Å². The Bertz CT molecular complexity index is 379. The summed E-state index contributed by atoms with van der Waals surface area (Å²) in [6.07, 6.45) is 1.14. The molecule has 1 saturated carbocycles. The van der Waals surface area contributed by atoms with Gasteiger partial charge in [0.2, 0.25) is 0 Å². The van der Waals surface area contributed by atoms with Crippen molar-refractivity contribution in [3.63, 3.8) is 0 Å². The van der Waals surface area contributed by atoms with Crippen molar-refractivity contribution in [2.45, 2.75) is 64.7 Å². The molecule has 128 valence electrons. The van der Waals surface area contributed by atoms with Gasteiger partial charge in [0.25, 0.3) is 0 Å². The molecule has 0 aromatic heterocycles. The molecular weight excluding hydrogens is 296 g/mol. The molecule has 0 unspecified atom stereocenters. The maximum atomic E-state index is 12.3. The van der Waals surface area contributed by atoms with Gasteiger partial charge in [-0.05, 0) is 24.7 Å². The number of carbonyl (C=O) groups is 2. The summed E-state index contributed by atoms with van der Waals surface area (Å²) in [6.45, 7) is 9.06. The zero-order valence-corrected chi connectivity index (χ0v) is 16.0. The first-order chi connectivity index (χ1) is 10.3. The fourth-order valence-electron chi connectivity index (χ4n) is 4.27. The van der Waals surface area contributed by atoms with Gasteiger partial charge in [0.1, 0.15) is 0 Å². The molecule has 0 spiro atoms. The number of hydrogen-bond donors (Lipinski definition) is 0. The first-order valence-corrected chi connectivity index (χ1v) is 11.3. The Hall–Kier alpha value is -0.843. The summed E-state index contributed by atoms with van der Waals surface area (Å²) >= 11 is 0. The first-order valence-electron chi connectivity index (χ1n) is 8.51. The van der Waals surface area contributed by atoms with E-state index in [1.165, 1.54) is 38.4 Å². The minimum absolute atomic E-state index is 0.356. The highest BCUT2D eigenvalue weighted by atomic mass is 28.3. The van der Waals surface area contributed by atoms with Crippen molar-refractivity contribution in [3.8, 4) is 0 Å². The predicted octanol–water partition coefficient (Wildman–Crippen LogP) is 3.87. The highest BCUT2D eigenvalue weighted by Crippen LogP contribution is 2.51. The molecule has 0 aromatic carbocycles. The molecule has 4 nitrogen and oxygen atoms in total. The van der Waals surface area contributed by atoms with E-state index in [1.807, 2.05) is 0 Å². The molecule has 1 rings (SSSR count). The molecule has 5 heteroatoms. The quantitative estimate of drug-likeness (QED) is 0.404. The normalized spacial score (nSPS) is 24.1. The van der Waals surface area contributed by atoms with E-state index in [0.29, 0.717) is 24.7 Å². The van der Waals surface area contributed by atoms with Gasteiger partial charge in [-0.3, -0.25) is 9.59 Å². The number of carbonyl (C=O) groups excluding carboxylic acids is 2. The molecular formula is C17H32O4Si. The monoisotopic (exact) mass is 328 g/mol. The van der Waals surface area contributed by atoms with Crippen LogP contribution in [0.5, 0.6) is 0 Å². The van der Waals surface area contributed by atoms with Gasteiger partial charge >= 0.3 is 11.9 Å². The molecule has 1 fully saturated rings. The summed E-state index contributed by atoms with van der Waals surface area (Å²) in [7, 11) is 1.43. The maximum Gasteiger partial charge on any atom is 0.323 e. The van der Waals surface area contributed by atoms with E-state index in [-0.39, 0.29) is 0 Å². The van der Waals surface area contributed by atoms with Crippen LogP contribution < -0.4 is 0 Å². The standard InChI is InChI=1S/C17H32O4Si/c1-7-22(8-2,9-3)12-14-11-17(10-13(14)4,15(18)20-5)16(19)21-6/h13-14H,7-12H2,1-6H3/t13-,14+/m0/s1. The Morgan fingerprint density at radius 1 is 1.00 bits per heavy atom. The lowest BCUT2D eigenvalue weighted by atomic mass is 9.85. The van der Waals surface area contributed by atoms with Crippen molar-refractivity contribution in [1.29, 1.82) is 0 Å². The fourth-order valence-corrected chi connectivity index (χ4v) is 8.29. The number of methoxy groups -OCH3 is 2. The van der Waals surface area contributed by atoms with Crippen molar-refractivity contribution in [2.75, 3.05) is 14.2 Å². The Morgan fingerprint density at radius 3 is 1.82 bits per heavy atom. The molecule has 0 N–H and O–H groups in total. The van der Waals surface area contributed by atoms with Crippen LogP contribution in [0, 0.1) is 17.3 Å². The Balaban J connectivity index is 3.03. The van der Waals surface area contributed by atoms with E-state index in [0.717, 1.165) is 0 Å². The van der Waals surface area contributed by atoms with E-state index in [4.69, 9.17) is 9.47 Å². The van der Waals surface area contributed by atoms with Crippen LogP contribution in [0.3, 0.4) is 0 Å². The predicted molar refractivity (Wildman–Crippen MR) is 90.4 cm³/mol. The molecule has 0 bridgehead atoms. The molecule has 22 heavy (non-hydrogen) atoms. The number of rotatable bonds is 7. The van der Waals surface area contributed by atoms with Gasteiger partial charge in [-0.25, -0.2) is 0 Å². The second-order valence-corrected chi connectivity index (χ2v) is 12.5. The molecule has 1 aliphatic rings. The summed E-state index contributed by atoms with van der Waals surface area (Å²) < 4.78 is 9.88. The van der Waals surface area contributed by atoms with Crippen molar-refractivity contribution in [3.05, 3.63) is 0 Å². The van der Waals surface area contributed by atoms with Crippen LogP contribution in [-0.4, -0.2) is 34.2 Å². The number of esters is 2. The minimum atomic E-state index is -1.28. The van der Waals surface area contributed by atoms with E-state index in [1.54, 1.807) is 0 Å². The summed E-state index contributed by atoms with van der Waals surface area (Å²) in [5, 5.41) is 0. The van der Waals surface area contributed by atoms with Crippen molar-refractivity contribution >= 4 is 20.0 Å². The second kappa shape index (κ2) is 7.62. The third kappa shape index (κ3) is 3.39. The van der Waals surface area contributed by atoms with E-state index in [9.17, 15) is 9.59 Å². The van der Waals surface area contributed by atoms with Crippen LogP contribution in [0.15, 0.2) is 0 Å². The van der Waals surface area contributed by atoms with Crippen LogP contribution in [0.4, 0.5) is 0 Å². The van der Waals surface area contributed by atoms with Crippen molar-refractivity contribution in [2.24, 2.45) is 17.3 Å². The third-order valence-corrected chi connectivity index (χ3v) is 12.1. The molecule has 0 heterocycles. The fraction of sp³-hybridized carbons (Fsp3) is 0.882. The Labute approximate surface area is 136 Å². The Morgan fingerprint density at radius 2 is 1.45 bits per heavy atom. The smallest absolute Gasteiger partial charge is 0.323 e. The minimum Gasteiger partial charge on any atom is -0.468 e. The Kier molecular flexibility index (Phi) is 6.65. The first kappa shape index (κ1) is 19.2. The van der Waals surface area contributed by atoms with E-state index < -0.39 is 25.4 Å². The number of ether oxygens (including phenoxy) is 2. The average molecular weight is 329 g/mol. The van der Waals surface area contributed by atoms with Crippen LogP contribution in [-0.2, 0) is 19.1 Å². The van der Waals surface area contributed by atoms with Gasteiger partial charge < -0.3 is 9.47 Å². The van der Waals surface area contributed by atoms with Crippen molar-refractivity contribution in [1.82, 2.24) is 0 Å². The van der Waals surface area contributed by atoms with E-state index in [2.05, 4.69) is 27.7 Å². The molecule has 1 aliphatic carbocycles. The molecule has 0 aliphatic heterocycles. The lowest BCUT2D eigenvalue weighted by molar-refractivity contribution is -0.169. The highest BCUT2D eigenvalue weighted by molar-refractivity contribution is 6.79. The summed E-state index contributed by atoms with van der Waals surface area (Å²) in [4.78, 5) is 24.6. The molecule has 0 saturated heterocycles. The summed E-state index contributed by atoms with van der Waals surface area (Å²) in [6, 6.07) is 5.01. The van der Waals surface area contributed by atoms with Crippen LogP contribution in [0.1, 0.15) is 40.5 Å². The molecule has 2 atom stereocenters. The van der Waals surface area contributed by atoms with Crippen LogP contribution >= 0.6 is 0 Å². The molecule has 0 amide bonds. The van der Waals surface area contributed by atoms with E-state index >= 15 is 0 Å². The third-order valence-electron chi connectivity index (χ3n) is 6.18. The average Bonchev–Trinajstić information content (AvgIpc) is 2.88. The zero-order valence-electron chi connectivity index (χ0n) is 15.0. The topological polar surface area (TPSA) is 52.6 Å². The maximum absolute atomic E-state index is 12.3. The lowest BCUT2D eigenvalue weighted by Gasteiger charge is -2.33.